The van der Waals surface area contributed by atoms with Crippen LogP contribution >= 0.6 is 0 Å². The molecule has 1 heterocycles. The molecule has 2 rings (SSSR count). The molecule has 0 spiro atoms. The molecule has 1 aliphatic heterocycles. The molecular weight excluding hydrogens is 264 g/mol. The molecule has 4 heteroatoms. The highest BCUT2D eigenvalue weighted by atomic mass is 16.5. The Hall–Kier alpha value is -1.39. The monoisotopic (exact) mass is 290 g/mol. The maximum atomic E-state index is 11.7. The molecule has 0 aromatic heterocycles. The van der Waals surface area contributed by atoms with Gasteiger partial charge in [-0.25, -0.2) is 0 Å². The average Bonchev–Trinajstić information content (AvgIpc) is 2.41. The SMILES string of the molecule is CCOC(=O)CN1CC(N)CC(c2ccc(C)c(C)c2)C1. The molecule has 1 fully saturated rings. The minimum absolute atomic E-state index is 0.111. The number of aryl methyl sites for hydroxylation is 2. The van der Waals surface area contributed by atoms with Crippen molar-refractivity contribution in [3.05, 3.63) is 34.9 Å². The van der Waals surface area contributed by atoms with Crippen LogP contribution in [0.1, 0.15) is 36.0 Å². The van der Waals surface area contributed by atoms with Crippen molar-refractivity contribution in [2.24, 2.45) is 5.73 Å². The van der Waals surface area contributed by atoms with Crippen molar-refractivity contribution in [1.82, 2.24) is 4.90 Å². The molecule has 1 aromatic carbocycles. The lowest BCUT2D eigenvalue weighted by Crippen LogP contribution is -2.48. The van der Waals surface area contributed by atoms with E-state index in [1.807, 2.05) is 6.92 Å². The Labute approximate surface area is 127 Å². The van der Waals surface area contributed by atoms with E-state index in [1.54, 1.807) is 0 Å². The summed E-state index contributed by atoms with van der Waals surface area (Å²) in [6, 6.07) is 6.72. The summed E-state index contributed by atoms with van der Waals surface area (Å²) in [4.78, 5) is 13.8. The van der Waals surface area contributed by atoms with Gasteiger partial charge in [-0.15, -0.1) is 0 Å². The topological polar surface area (TPSA) is 55.6 Å². The predicted molar refractivity (Wildman–Crippen MR) is 84.3 cm³/mol. The smallest absolute Gasteiger partial charge is 0.320 e. The van der Waals surface area contributed by atoms with E-state index in [0.717, 1.165) is 19.5 Å². The van der Waals surface area contributed by atoms with Crippen molar-refractivity contribution < 1.29 is 9.53 Å². The maximum absolute atomic E-state index is 11.7. The number of nitrogens with zero attached hydrogens (tertiary/aromatic N) is 1. The van der Waals surface area contributed by atoms with Crippen LogP contribution in [-0.4, -0.2) is 43.2 Å². The van der Waals surface area contributed by atoms with Gasteiger partial charge in [-0.3, -0.25) is 9.69 Å². The first kappa shape index (κ1) is 16.0. The third-order valence-corrected chi connectivity index (χ3v) is 4.22. The number of nitrogens with two attached hydrogens (primary N) is 1. The Bertz CT molecular complexity index is 502. The third kappa shape index (κ3) is 4.29. The fourth-order valence-corrected chi connectivity index (χ4v) is 3.01. The highest BCUT2D eigenvalue weighted by molar-refractivity contribution is 5.71. The van der Waals surface area contributed by atoms with Crippen LogP contribution in [0.25, 0.3) is 0 Å². The van der Waals surface area contributed by atoms with Gasteiger partial charge in [-0.05, 0) is 49.8 Å². The zero-order valence-electron chi connectivity index (χ0n) is 13.3. The fourth-order valence-electron chi connectivity index (χ4n) is 3.01. The normalized spacial score (nSPS) is 23.0. The largest absolute Gasteiger partial charge is 0.465 e. The molecule has 1 aliphatic rings. The van der Waals surface area contributed by atoms with Crippen LogP contribution in [0.2, 0.25) is 0 Å². The Kier molecular flexibility index (Phi) is 5.37. The van der Waals surface area contributed by atoms with Gasteiger partial charge < -0.3 is 10.5 Å². The van der Waals surface area contributed by atoms with Gasteiger partial charge in [0.05, 0.1) is 13.2 Å². The van der Waals surface area contributed by atoms with E-state index in [1.165, 1.54) is 16.7 Å². The minimum atomic E-state index is -0.162. The third-order valence-electron chi connectivity index (χ3n) is 4.22. The summed E-state index contributed by atoms with van der Waals surface area (Å²) in [7, 11) is 0. The molecule has 0 amide bonds. The lowest BCUT2D eigenvalue weighted by Gasteiger charge is -2.36. The van der Waals surface area contributed by atoms with Gasteiger partial charge in [0.1, 0.15) is 0 Å². The number of ether oxygens (including phenoxy) is 1. The molecule has 21 heavy (non-hydrogen) atoms. The van der Waals surface area contributed by atoms with E-state index in [2.05, 4.69) is 36.9 Å². The second kappa shape index (κ2) is 7.05. The summed E-state index contributed by atoms with van der Waals surface area (Å²) in [6.45, 7) is 8.49. The summed E-state index contributed by atoms with van der Waals surface area (Å²) in [5, 5.41) is 0. The number of benzene rings is 1. The van der Waals surface area contributed by atoms with Crippen molar-refractivity contribution >= 4 is 5.97 Å². The first-order valence-corrected chi connectivity index (χ1v) is 7.70. The zero-order valence-corrected chi connectivity index (χ0v) is 13.3. The molecule has 2 N–H and O–H groups in total. The van der Waals surface area contributed by atoms with Crippen molar-refractivity contribution in [3.63, 3.8) is 0 Å². The number of esters is 1. The minimum Gasteiger partial charge on any atom is -0.465 e. The molecule has 0 saturated carbocycles. The molecular formula is C17H26N2O2. The van der Waals surface area contributed by atoms with Crippen molar-refractivity contribution in [2.45, 2.75) is 39.2 Å². The zero-order chi connectivity index (χ0) is 15.4. The number of carbonyl (C=O) groups is 1. The molecule has 1 saturated heterocycles. The Morgan fingerprint density at radius 3 is 2.76 bits per heavy atom. The van der Waals surface area contributed by atoms with Gasteiger partial charge in [0.2, 0.25) is 0 Å². The quantitative estimate of drug-likeness (QED) is 0.862. The Balaban J connectivity index is 2.06. The van der Waals surface area contributed by atoms with Crippen LogP contribution in [0.5, 0.6) is 0 Å². The Morgan fingerprint density at radius 2 is 2.10 bits per heavy atom. The van der Waals surface area contributed by atoms with Gasteiger partial charge in [0, 0.05) is 19.1 Å². The number of piperidine rings is 1. The van der Waals surface area contributed by atoms with Crippen LogP contribution in [-0.2, 0) is 9.53 Å². The van der Waals surface area contributed by atoms with E-state index in [4.69, 9.17) is 10.5 Å². The second-order valence-electron chi connectivity index (χ2n) is 6.04. The molecule has 0 aliphatic carbocycles. The number of likely N-dealkylation sites (tertiary alicyclic amines) is 1. The van der Waals surface area contributed by atoms with Gasteiger partial charge >= 0.3 is 5.97 Å². The summed E-state index contributed by atoms with van der Waals surface area (Å²) >= 11 is 0. The van der Waals surface area contributed by atoms with Crippen molar-refractivity contribution in [1.29, 1.82) is 0 Å². The highest BCUT2D eigenvalue weighted by Gasteiger charge is 2.27. The maximum Gasteiger partial charge on any atom is 0.320 e. The molecule has 2 atom stereocenters. The highest BCUT2D eigenvalue weighted by Crippen LogP contribution is 2.27. The molecule has 4 nitrogen and oxygen atoms in total. The summed E-state index contributed by atoms with van der Waals surface area (Å²) in [5.74, 6) is 0.230. The number of hydrogen-bond donors (Lipinski definition) is 1. The lowest BCUT2D eigenvalue weighted by molar-refractivity contribution is -0.144. The number of carbonyl (C=O) groups excluding carboxylic acids is 1. The van der Waals surface area contributed by atoms with Crippen molar-refractivity contribution in [2.75, 3.05) is 26.2 Å². The summed E-state index contributed by atoms with van der Waals surface area (Å²) in [5.41, 5.74) is 10.1. The predicted octanol–water partition coefficient (Wildman–Crippen LogP) is 1.98. The van der Waals surface area contributed by atoms with Crippen LogP contribution in [0, 0.1) is 13.8 Å². The standard InChI is InChI=1S/C17H26N2O2/c1-4-21-17(20)11-19-9-15(8-16(18)10-19)14-6-5-12(2)13(3)7-14/h5-7,15-16H,4,8-11,18H2,1-3H3. The number of hydrogen-bond acceptors (Lipinski definition) is 4. The van der Waals surface area contributed by atoms with Gasteiger partial charge in [-0.1, -0.05) is 18.2 Å². The first-order chi connectivity index (χ1) is 9.99. The average molecular weight is 290 g/mol. The van der Waals surface area contributed by atoms with E-state index in [-0.39, 0.29) is 12.0 Å². The van der Waals surface area contributed by atoms with Gasteiger partial charge in [0.25, 0.3) is 0 Å². The molecule has 1 aromatic rings. The second-order valence-corrected chi connectivity index (χ2v) is 6.04. The molecule has 2 unspecified atom stereocenters. The van der Waals surface area contributed by atoms with E-state index < -0.39 is 0 Å². The summed E-state index contributed by atoms with van der Waals surface area (Å²) in [6.07, 6.45) is 0.974. The number of rotatable bonds is 4. The van der Waals surface area contributed by atoms with Crippen LogP contribution in [0.3, 0.4) is 0 Å². The molecule has 0 bridgehead atoms. The van der Waals surface area contributed by atoms with E-state index in [9.17, 15) is 4.79 Å². The summed E-state index contributed by atoms with van der Waals surface area (Å²) < 4.78 is 5.03. The fraction of sp³-hybridized carbons (Fsp3) is 0.588. The van der Waals surface area contributed by atoms with Crippen LogP contribution in [0.15, 0.2) is 18.2 Å². The lowest BCUT2D eigenvalue weighted by atomic mass is 9.87. The first-order valence-electron chi connectivity index (χ1n) is 7.70. The van der Waals surface area contributed by atoms with E-state index in [0.29, 0.717) is 19.1 Å². The van der Waals surface area contributed by atoms with Gasteiger partial charge in [0.15, 0.2) is 0 Å². The molecule has 116 valence electrons. The van der Waals surface area contributed by atoms with Gasteiger partial charge in [-0.2, -0.15) is 0 Å². The Morgan fingerprint density at radius 1 is 1.33 bits per heavy atom. The van der Waals surface area contributed by atoms with Crippen molar-refractivity contribution in [3.8, 4) is 0 Å². The van der Waals surface area contributed by atoms with Crippen LogP contribution < -0.4 is 5.73 Å². The van der Waals surface area contributed by atoms with Crippen LogP contribution in [0.4, 0.5) is 0 Å². The molecule has 0 radical (unpaired) electrons. The van der Waals surface area contributed by atoms with E-state index >= 15 is 0 Å².